The Morgan fingerprint density at radius 3 is 2.65 bits per heavy atom. The molecular weight excluding hydrogens is 322 g/mol. The van der Waals surface area contributed by atoms with Crippen LogP contribution in [0.1, 0.15) is 31.2 Å². The summed E-state index contributed by atoms with van der Waals surface area (Å²) < 4.78 is 0. The maximum absolute atomic E-state index is 12.9. The number of amides is 1. The van der Waals surface area contributed by atoms with Crippen LogP contribution in [0.3, 0.4) is 0 Å². The van der Waals surface area contributed by atoms with Gasteiger partial charge in [0, 0.05) is 50.2 Å². The van der Waals surface area contributed by atoms with Gasteiger partial charge in [0.05, 0.1) is 5.52 Å². The van der Waals surface area contributed by atoms with Gasteiger partial charge in [-0.05, 0) is 42.7 Å². The molecule has 26 heavy (non-hydrogen) atoms. The molecule has 2 heterocycles. The number of fused-ring (bicyclic) bond motifs is 3. The molecule has 0 spiro atoms. The predicted octanol–water partition coefficient (Wildman–Crippen LogP) is 3.32. The van der Waals surface area contributed by atoms with E-state index in [4.69, 9.17) is 0 Å². The first-order valence-corrected chi connectivity index (χ1v) is 10.1. The van der Waals surface area contributed by atoms with Gasteiger partial charge in [0.2, 0.25) is 5.91 Å². The summed E-state index contributed by atoms with van der Waals surface area (Å²) in [5.41, 5.74) is 2.39. The molecule has 4 heteroatoms. The molecule has 1 aliphatic heterocycles. The highest BCUT2D eigenvalue weighted by Gasteiger charge is 2.44. The first-order chi connectivity index (χ1) is 12.8. The number of benzene rings is 1. The van der Waals surface area contributed by atoms with Crippen LogP contribution in [0.15, 0.2) is 36.5 Å². The van der Waals surface area contributed by atoms with Crippen LogP contribution in [-0.2, 0) is 11.3 Å². The van der Waals surface area contributed by atoms with Gasteiger partial charge >= 0.3 is 0 Å². The quantitative estimate of drug-likeness (QED) is 0.853. The Bertz CT molecular complexity index is 807. The van der Waals surface area contributed by atoms with Crippen LogP contribution in [0, 0.1) is 17.8 Å². The molecule has 3 unspecified atom stereocenters. The molecule has 3 aliphatic rings. The number of aromatic nitrogens is 1. The third-order valence-electron chi connectivity index (χ3n) is 6.85. The number of piperazine rings is 1. The fraction of sp³-hybridized carbons (Fsp3) is 0.545. The molecule has 3 atom stereocenters. The van der Waals surface area contributed by atoms with E-state index in [2.05, 4.69) is 39.0 Å². The molecule has 1 aromatic carbocycles. The zero-order valence-corrected chi connectivity index (χ0v) is 15.3. The molecule has 4 nitrogen and oxygen atoms in total. The summed E-state index contributed by atoms with van der Waals surface area (Å²) in [6.07, 6.45) is 6.99. The minimum atomic E-state index is 0.336. The van der Waals surface area contributed by atoms with E-state index in [-0.39, 0.29) is 0 Å². The lowest BCUT2D eigenvalue weighted by Crippen LogP contribution is -2.50. The van der Waals surface area contributed by atoms with Crippen molar-refractivity contribution in [3.8, 4) is 0 Å². The van der Waals surface area contributed by atoms with Crippen LogP contribution in [0.4, 0.5) is 0 Å². The summed E-state index contributed by atoms with van der Waals surface area (Å²) in [5.74, 6) is 2.31. The summed E-state index contributed by atoms with van der Waals surface area (Å²) in [6.45, 7) is 4.62. The van der Waals surface area contributed by atoms with E-state index in [0.29, 0.717) is 17.7 Å². The fourth-order valence-electron chi connectivity index (χ4n) is 5.44. The number of rotatable bonds is 3. The molecule has 1 amide bonds. The molecule has 2 bridgehead atoms. The van der Waals surface area contributed by atoms with Crippen LogP contribution >= 0.6 is 0 Å². The highest BCUT2D eigenvalue weighted by atomic mass is 16.2. The van der Waals surface area contributed by atoms with Crippen molar-refractivity contribution in [2.24, 2.45) is 17.8 Å². The monoisotopic (exact) mass is 349 g/mol. The van der Waals surface area contributed by atoms with Crippen LogP contribution < -0.4 is 0 Å². The van der Waals surface area contributed by atoms with Gasteiger partial charge in [-0.2, -0.15) is 0 Å². The van der Waals surface area contributed by atoms with E-state index in [0.717, 1.165) is 50.6 Å². The lowest BCUT2D eigenvalue weighted by Gasteiger charge is -2.37. The average molecular weight is 349 g/mol. The van der Waals surface area contributed by atoms with Crippen molar-refractivity contribution in [1.29, 1.82) is 0 Å². The Hall–Kier alpha value is -1.94. The topological polar surface area (TPSA) is 36.4 Å². The van der Waals surface area contributed by atoms with Gasteiger partial charge in [-0.1, -0.05) is 30.7 Å². The van der Waals surface area contributed by atoms with Crippen molar-refractivity contribution in [3.63, 3.8) is 0 Å². The van der Waals surface area contributed by atoms with E-state index < -0.39 is 0 Å². The molecule has 1 saturated heterocycles. The summed E-state index contributed by atoms with van der Waals surface area (Å²) in [6, 6.07) is 10.5. The maximum atomic E-state index is 12.9. The second-order valence-corrected chi connectivity index (χ2v) is 8.38. The molecule has 3 fully saturated rings. The molecule has 5 rings (SSSR count). The van der Waals surface area contributed by atoms with E-state index >= 15 is 0 Å². The molecule has 2 aliphatic carbocycles. The van der Waals surface area contributed by atoms with Gasteiger partial charge in [0.15, 0.2) is 0 Å². The van der Waals surface area contributed by atoms with Crippen LogP contribution in [-0.4, -0.2) is 46.9 Å². The SMILES string of the molecule is O=C(C1CC2CCC1C2)N1CCN(Cc2cccc3cccnc23)CC1. The molecule has 136 valence electrons. The standard InChI is InChI=1S/C22H27N3O/c26-22(20-14-16-6-7-18(20)13-16)25-11-9-24(10-12-25)15-19-4-1-3-17-5-2-8-23-21(17)19/h1-5,8,16,18,20H,6-7,9-15H2. The number of para-hydroxylation sites is 1. The Morgan fingerprint density at radius 1 is 1.04 bits per heavy atom. The first-order valence-electron chi connectivity index (χ1n) is 10.1. The van der Waals surface area contributed by atoms with Crippen LogP contribution in [0.2, 0.25) is 0 Å². The van der Waals surface area contributed by atoms with Crippen molar-refractivity contribution in [2.45, 2.75) is 32.2 Å². The zero-order chi connectivity index (χ0) is 17.5. The molecule has 0 N–H and O–H groups in total. The Morgan fingerprint density at radius 2 is 1.88 bits per heavy atom. The second-order valence-electron chi connectivity index (χ2n) is 8.38. The van der Waals surface area contributed by atoms with Gasteiger partial charge in [0.25, 0.3) is 0 Å². The van der Waals surface area contributed by atoms with Crippen molar-refractivity contribution < 1.29 is 4.79 Å². The lowest BCUT2D eigenvalue weighted by molar-refractivity contribution is -0.139. The highest BCUT2D eigenvalue weighted by Crippen LogP contribution is 2.48. The number of pyridine rings is 1. The van der Waals surface area contributed by atoms with Gasteiger partial charge in [-0.3, -0.25) is 14.7 Å². The largest absolute Gasteiger partial charge is 0.340 e. The smallest absolute Gasteiger partial charge is 0.226 e. The van der Waals surface area contributed by atoms with Crippen molar-refractivity contribution in [2.75, 3.05) is 26.2 Å². The Labute approximate surface area is 155 Å². The van der Waals surface area contributed by atoms with Crippen molar-refractivity contribution in [1.82, 2.24) is 14.8 Å². The van der Waals surface area contributed by atoms with Gasteiger partial charge in [-0.25, -0.2) is 0 Å². The van der Waals surface area contributed by atoms with Gasteiger partial charge < -0.3 is 4.90 Å². The number of hydrogen-bond acceptors (Lipinski definition) is 3. The highest BCUT2D eigenvalue weighted by molar-refractivity contribution is 5.81. The fourth-order valence-corrected chi connectivity index (χ4v) is 5.44. The van der Waals surface area contributed by atoms with E-state index in [1.807, 2.05) is 12.3 Å². The van der Waals surface area contributed by atoms with E-state index in [1.165, 1.54) is 30.2 Å². The number of hydrogen-bond donors (Lipinski definition) is 0. The third kappa shape index (κ3) is 2.90. The first kappa shape index (κ1) is 16.2. The number of nitrogens with zero attached hydrogens (tertiary/aromatic N) is 3. The summed E-state index contributed by atoms with van der Waals surface area (Å²) in [7, 11) is 0. The van der Waals surface area contributed by atoms with Gasteiger partial charge in [-0.15, -0.1) is 0 Å². The lowest BCUT2D eigenvalue weighted by atomic mass is 9.87. The van der Waals surface area contributed by atoms with Crippen molar-refractivity contribution >= 4 is 16.8 Å². The molecular formula is C22H27N3O. The average Bonchev–Trinajstić information content (AvgIpc) is 3.32. The Kier molecular flexibility index (Phi) is 4.16. The van der Waals surface area contributed by atoms with Crippen molar-refractivity contribution in [3.05, 3.63) is 42.1 Å². The zero-order valence-electron chi connectivity index (χ0n) is 15.3. The summed E-state index contributed by atoms with van der Waals surface area (Å²) in [4.78, 5) is 22.1. The van der Waals surface area contributed by atoms with Crippen LogP contribution in [0.25, 0.3) is 10.9 Å². The maximum Gasteiger partial charge on any atom is 0.226 e. The molecule has 2 aromatic rings. The van der Waals surface area contributed by atoms with Gasteiger partial charge in [0.1, 0.15) is 0 Å². The van der Waals surface area contributed by atoms with Crippen LogP contribution in [0.5, 0.6) is 0 Å². The van der Waals surface area contributed by atoms with E-state index in [1.54, 1.807) is 0 Å². The Balaban J connectivity index is 1.21. The molecule has 2 saturated carbocycles. The second kappa shape index (κ2) is 6.66. The summed E-state index contributed by atoms with van der Waals surface area (Å²) in [5, 5.41) is 1.20. The minimum Gasteiger partial charge on any atom is -0.340 e. The van der Waals surface area contributed by atoms with E-state index in [9.17, 15) is 4.79 Å². The minimum absolute atomic E-state index is 0.336. The number of carbonyl (C=O) groups excluding carboxylic acids is 1. The normalized spacial score (nSPS) is 28.8. The molecule has 0 radical (unpaired) electrons. The summed E-state index contributed by atoms with van der Waals surface area (Å²) >= 11 is 0. The number of carbonyl (C=O) groups is 1. The predicted molar refractivity (Wildman–Crippen MR) is 103 cm³/mol. The third-order valence-corrected chi connectivity index (χ3v) is 6.85. The molecule has 1 aromatic heterocycles.